The molecule has 2 aromatic rings. The van der Waals surface area contributed by atoms with E-state index in [0.717, 1.165) is 10.0 Å². The highest BCUT2D eigenvalue weighted by Crippen LogP contribution is 2.31. The zero-order valence-electron chi connectivity index (χ0n) is 16.1. The third kappa shape index (κ3) is 7.23. The van der Waals surface area contributed by atoms with E-state index in [9.17, 15) is 19.7 Å². The van der Waals surface area contributed by atoms with Gasteiger partial charge in [0.15, 0.2) is 6.61 Å². The van der Waals surface area contributed by atoms with Crippen LogP contribution >= 0.6 is 31.9 Å². The first-order chi connectivity index (χ1) is 14.2. The number of nitrogens with zero attached hydrogens (tertiary/aromatic N) is 2. The molecule has 2 aromatic carbocycles. The van der Waals surface area contributed by atoms with Gasteiger partial charge in [0, 0.05) is 28.0 Å². The highest BCUT2D eigenvalue weighted by atomic mass is 79.9. The number of halogens is 2. The summed E-state index contributed by atoms with van der Waals surface area (Å²) in [6, 6.07) is 9.21. The molecule has 0 aliphatic carbocycles. The minimum Gasteiger partial charge on any atom is -0.483 e. The Balaban J connectivity index is 1.83. The van der Waals surface area contributed by atoms with Gasteiger partial charge >= 0.3 is 0 Å². The Morgan fingerprint density at radius 3 is 2.60 bits per heavy atom. The van der Waals surface area contributed by atoms with Gasteiger partial charge in [0.25, 0.3) is 11.6 Å². The van der Waals surface area contributed by atoms with Crippen molar-refractivity contribution in [3.05, 3.63) is 61.0 Å². The molecule has 0 radical (unpaired) electrons. The maximum atomic E-state index is 12.0. The average molecular weight is 542 g/mol. The van der Waals surface area contributed by atoms with Gasteiger partial charge in [0.2, 0.25) is 5.91 Å². The Morgan fingerprint density at radius 2 is 1.90 bits per heavy atom. The van der Waals surface area contributed by atoms with Crippen molar-refractivity contribution in [3.8, 4) is 5.75 Å². The lowest BCUT2D eigenvalue weighted by Gasteiger charge is -2.10. The SMILES string of the molecule is C/C(CC(=O)Nc1cccc([N+](=O)[O-])c1)=N/NC(=O)COc1cc(C)c(Br)cc1Br. The largest absolute Gasteiger partial charge is 0.483 e. The number of aryl methyl sites for hydroxylation is 1. The van der Waals surface area contributed by atoms with Gasteiger partial charge in [0.1, 0.15) is 5.75 Å². The van der Waals surface area contributed by atoms with Gasteiger partial charge in [-0.3, -0.25) is 19.7 Å². The van der Waals surface area contributed by atoms with E-state index in [4.69, 9.17) is 4.74 Å². The summed E-state index contributed by atoms with van der Waals surface area (Å²) in [6.45, 7) is 3.22. The van der Waals surface area contributed by atoms with Crippen molar-refractivity contribution in [2.24, 2.45) is 5.10 Å². The summed E-state index contributed by atoms with van der Waals surface area (Å²) in [5.74, 6) is -0.389. The smallest absolute Gasteiger partial charge is 0.277 e. The van der Waals surface area contributed by atoms with Gasteiger partial charge in [-0.15, -0.1) is 0 Å². The van der Waals surface area contributed by atoms with E-state index in [1.54, 1.807) is 19.1 Å². The van der Waals surface area contributed by atoms with Crippen molar-refractivity contribution in [2.45, 2.75) is 20.3 Å². The fraction of sp³-hybridized carbons (Fsp3) is 0.211. The summed E-state index contributed by atoms with van der Waals surface area (Å²) in [7, 11) is 0. The van der Waals surface area contributed by atoms with Crippen molar-refractivity contribution in [3.63, 3.8) is 0 Å². The second kappa shape index (κ2) is 10.8. The normalized spacial score (nSPS) is 11.0. The molecular weight excluding hydrogens is 524 g/mol. The van der Waals surface area contributed by atoms with E-state index in [1.165, 1.54) is 18.2 Å². The number of nitro groups is 1. The summed E-state index contributed by atoms with van der Waals surface area (Å²) in [5, 5.41) is 17.2. The third-order valence-electron chi connectivity index (χ3n) is 3.70. The molecule has 0 bridgehead atoms. The Labute approximate surface area is 189 Å². The minimum absolute atomic E-state index is 0.0959. The van der Waals surface area contributed by atoms with Crippen LogP contribution in [0.1, 0.15) is 18.9 Å². The Hall–Kier alpha value is -2.79. The second-order valence-corrected chi connectivity index (χ2v) is 7.94. The van der Waals surface area contributed by atoms with Crippen LogP contribution in [0, 0.1) is 17.0 Å². The number of hydrogen-bond acceptors (Lipinski definition) is 6. The quantitative estimate of drug-likeness (QED) is 0.292. The molecular formula is C19H18Br2N4O5. The monoisotopic (exact) mass is 540 g/mol. The first-order valence-electron chi connectivity index (χ1n) is 8.60. The van der Waals surface area contributed by atoms with Crippen LogP contribution in [0.4, 0.5) is 11.4 Å². The predicted molar refractivity (Wildman–Crippen MR) is 120 cm³/mol. The Morgan fingerprint density at radius 1 is 1.17 bits per heavy atom. The number of carbonyl (C=O) groups excluding carboxylic acids is 2. The molecule has 2 amide bonds. The molecule has 0 saturated carbocycles. The molecule has 9 nitrogen and oxygen atoms in total. The van der Waals surface area contributed by atoms with E-state index >= 15 is 0 Å². The number of ether oxygens (including phenoxy) is 1. The van der Waals surface area contributed by atoms with Crippen LogP contribution in [0.2, 0.25) is 0 Å². The lowest BCUT2D eigenvalue weighted by molar-refractivity contribution is -0.384. The summed E-state index contributed by atoms with van der Waals surface area (Å²) < 4.78 is 7.09. The Kier molecular flexibility index (Phi) is 8.48. The fourth-order valence-electron chi connectivity index (χ4n) is 2.25. The van der Waals surface area contributed by atoms with E-state index < -0.39 is 16.7 Å². The molecule has 158 valence electrons. The van der Waals surface area contributed by atoms with Crippen LogP contribution in [0.15, 0.2) is 50.4 Å². The maximum absolute atomic E-state index is 12.0. The van der Waals surface area contributed by atoms with Gasteiger partial charge in [-0.2, -0.15) is 5.10 Å². The molecule has 0 heterocycles. The van der Waals surface area contributed by atoms with Crippen LogP contribution in [-0.2, 0) is 9.59 Å². The standard InChI is InChI=1S/C19H18Br2N4O5/c1-11-6-17(16(21)9-15(11)20)30-10-19(27)24-23-12(2)7-18(26)22-13-4-3-5-14(8-13)25(28)29/h3-6,8-9H,7,10H2,1-2H3,(H,22,26)(H,24,27)/b23-12-. The van der Waals surface area contributed by atoms with Gasteiger partial charge in [-0.05, 0) is 53.5 Å². The molecule has 0 fully saturated rings. The number of benzene rings is 2. The number of hydrogen-bond donors (Lipinski definition) is 2. The maximum Gasteiger partial charge on any atom is 0.277 e. The zero-order valence-corrected chi connectivity index (χ0v) is 19.2. The van der Waals surface area contributed by atoms with Crippen LogP contribution in [0.25, 0.3) is 0 Å². The summed E-state index contributed by atoms with van der Waals surface area (Å²) in [5.41, 5.74) is 3.80. The number of nitrogens with one attached hydrogen (secondary N) is 2. The van der Waals surface area contributed by atoms with E-state index in [0.29, 0.717) is 21.6 Å². The Bertz CT molecular complexity index is 1010. The lowest BCUT2D eigenvalue weighted by atomic mass is 10.2. The number of non-ortho nitro benzene ring substituents is 1. The van der Waals surface area contributed by atoms with Crippen LogP contribution < -0.4 is 15.5 Å². The van der Waals surface area contributed by atoms with E-state index in [1.807, 2.05) is 13.0 Å². The van der Waals surface area contributed by atoms with Crippen LogP contribution in [0.3, 0.4) is 0 Å². The molecule has 0 atom stereocenters. The summed E-state index contributed by atoms with van der Waals surface area (Å²) in [6.07, 6.45) is -0.0959. The first kappa shape index (κ1) is 23.5. The predicted octanol–water partition coefficient (Wildman–Crippen LogP) is 4.33. The number of carbonyl (C=O) groups is 2. The number of rotatable bonds is 8. The van der Waals surface area contributed by atoms with Gasteiger partial charge < -0.3 is 10.1 Å². The third-order valence-corrected chi connectivity index (χ3v) is 5.17. The molecule has 0 aromatic heterocycles. The first-order valence-corrected chi connectivity index (χ1v) is 10.2. The van der Waals surface area contributed by atoms with E-state index in [2.05, 4.69) is 47.7 Å². The zero-order chi connectivity index (χ0) is 22.3. The number of nitro benzene ring substituents is 1. The number of amides is 2. The van der Waals surface area contributed by atoms with Crippen molar-refractivity contribution in [2.75, 3.05) is 11.9 Å². The molecule has 2 rings (SSSR count). The minimum atomic E-state index is -0.548. The van der Waals surface area contributed by atoms with Gasteiger partial charge in [0.05, 0.1) is 15.8 Å². The molecule has 0 spiro atoms. The highest BCUT2D eigenvalue weighted by molar-refractivity contribution is 9.11. The van der Waals surface area contributed by atoms with E-state index in [-0.39, 0.29) is 18.7 Å². The average Bonchev–Trinajstić information content (AvgIpc) is 2.68. The van der Waals surface area contributed by atoms with Crippen molar-refractivity contribution < 1.29 is 19.2 Å². The van der Waals surface area contributed by atoms with Gasteiger partial charge in [-0.1, -0.05) is 22.0 Å². The second-order valence-electron chi connectivity index (χ2n) is 6.23. The van der Waals surface area contributed by atoms with Crippen molar-refractivity contribution >= 4 is 60.8 Å². The molecule has 0 aliphatic rings. The topological polar surface area (TPSA) is 123 Å². The lowest BCUT2D eigenvalue weighted by Crippen LogP contribution is -2.26. The number of anilines is 1. The summed E-state index contributed by atoms with van der Waals surface area (Å²) >= 11 is 6.77. The van der Waals surface area contributed by atoms with Crippen molar-refractivity contribution in [1.82, 2.24) is 5.43 Å². The van der Waals surface area contributed by atoms with Gasteiger partial charge in [-0.25, -0.2) is 5.43 Å². The molecule has 0 aliphatic heterocycles. The molecule has 11 heteroatoms. The molecule has 0 saturated heterocycles. The van der Waals surface area contributed by atoms with Crippen molar-refractivity contribution in [1.29, 1.82) is 0 Å². The molecule has 30 heavy (non-hydrogen) atoms. The fourth-order valence-corrected chi connectivity index (χ4v) is 3.36. The number of hydrazone groups is 1. The summed E-state index contributed by atoms with van der Waals surface area (Å²) in [4.78, 5) is 34.2. The van der Waals surface area contributed by atoms with Crippen LogP contribution in [0.5, 0.6) is 5.75 Å². The molecule has 0 unspecified atom stereocenters. The molecule has 2 N–H and O–H groups in total. The highest BCUT2D eigenvalue weighted by Gasteiger charge is 2.11. The van der Waals surface area contributed by atoms with Crippen LogP contribution in [-0.4, -0.2) is 29.1 Å².